The summed E-state index contributed by atoms with van der Waals surface area (Å²) >= 11 is 5.10. The molecule has 2 aromatic carbocycles. The molecule has 4 nitrogen and oxygen atoms in total. The zero-order valence-corrected chi connectivity index (χ0v) is 15.2. The Morgan fingerprint density at radius 1 is 1.13 bits per heavy atom. The summed E-state index contributed by atoms with van der Waals surface area (Å²) in [6.07, 6.45) is 0. The van der Waals surface area contributed by atoms with Crippen molar-refractivity contribution in [2.24, 2.45) is 0 Å². The molecule has 1 amide bonds. The molecule has 1 heterocycles. The van der Waals surface area contributed by atoms with Crippen LogP contribution in [0.3, 0.4) is 0 Å². The zero-order valence-electron chi connectivity index (χ0n) is 12.8. The standard InChI is InChI=1S/C17H16BrNO3S/c1-21-13-6-4-12(5-7-13)19-16(20)10-23-17(19)14-9-11(18)3-8-15(14)22-2/h3-9,17H,10H2,1-2H3. The number of halogens is 1. The van der Waals surface area contributed by atoms with Gasteiger partial charge in [0.1, 0.15) is 16.9 Å². The average Bonchev–Trinajstić information content (AvgIpc) is 2.96. The first-order valence-electron chi connectivity index (χ1n) is 7.05. The number of ether oxygens (including phenoxy) is 2. The molecule has 1 saturated heterocycles. The predicted molar refractivity (Wildman–Crippen MR) is 96.4 cm³/mol. The van der Waals surface area contributed by atoms with Gasteiger partial charge in [-0.1, -0.05) is 15.9 Å². The maximum absolute atomic E-state index is 12.4. The Morgan fingerprint density at radius 2 is 1.87 bits per heavy atom. The second kappa shape index (κ2) is 6.84. The fourth-order valence-electron chi connectivity index (χ4n) is 2.57. The fraction of sp³-hybridized carbons (Fsp3) is 0.235. The van der Waals surface area contributed by atoms with Crippen molar-refractivity contribution in [1.29, 1.82) is 0 Å². The van der Waals surface area contributed by atoms with Crippen LogP contribution in [0.25, 0.3) is 0 Å². The number of hydrogen-bond donors (Lipinski definition) is 0. The first-order chi connectivity index (χ1) is 11.1. The van der Waals surface area contributed by atoms with E-state index in [1.165, 1.54) is 0 Å². The number of benzene rings is 2. The Kier molecular flexibility index (Phi) is 4.82. The van der Waals surface area contributed by atoms with E-state index in [-0.39, 0.29) is 11.3 Å². The first-order valence-corrected chi connectivity index (χ1v) is 8.89. The van der Waals surface area contributed by atoms with Crippen molar-refractivity contribution in [2.75, 3.05) is 24.9 Å². The Morgan fingerprint density at radius 3 is 2.52 bits per heavy atom. The minimum atomic E-state index is -0.108. The molecule has 0 aliphatic carbocycles. The second-order valence-corrected chi connectivity index (χ2v) is 7.00. The van der Waals surface area contributed by atoms with E-state index in [2.05, 4.69) is 15.9 Å². The lowest BCUT2D eigenvalue weighted by molar-refractivity contribution is -0.115. The van der Waals surface area contributed by atoms with Crippen LogP contribution in [0.15, 0.2) is 46.9 Å². The van der Waals surface area contributed by atoms with E-state index in [0.717, 1.165) is 27.2 Å². The van der Waals surface area contributed by atoms with Gasteiger partial charge in [-0.3, -0.25) is 9.69 Å². The van der Waals surface area contributed by atoms with Crippen LogP contribution in [0.1, 0.15) is 10.9 Å². The number of carbonyl (C=O) groups excluding carboxylic acids is 1. The van der Waals surface area contributed by atoms with Gasteiger partial charge in [-0.05, 0) is 42.5 Å². The molecular weight excluding hydrogens is 378 g/mol. The van der Waals surface area contributed by atoms with Crippen molar-refractivity contribution in [3.05, 3.63) is 52.5 Å². The van der Waals surface area contributed by atoms with Gasteiger partial charge in [-0.2, -0.15) is 0 Å². The van der Waals surface area contributed by atoms with E-state index in [1.54, 1.807) is 26.0 Å². The molecule has 0 saturated carbocycles. The third-order valence-electron chi connectivity index (χ3n) is 3.68. The smallest absolute Gasteiger partial charge is 0.238 e. The molecule has 0 bridgehead atoms. The number of carbonyl (C=O) groups is 1. The zero-order chi connectivity index (χ0) is 16.4. The Bertz CT molecular complexity index is 720. The Balaban J connectivity index is 2.01. The van der Waals surface area contributed by atoms with Crippen LogP contribution < -0.4 is 14.4 Å². The SMILES string of the molecule is COc1ccc(N2C(=O)CSC2c2cc(Br)ccc2OC)cc1. The van der Waals surface area contributed by atoms with E-state index < -0.39 is 0 Å². The quantitative estimate of drug-likeness (QED) is 0.778. The highest BCUT2D eigenvalue weighted by molar-refractivity contribution is 9.10. The maximum Gasteiger partial charge on any atom is 0.238 e. The highest BCUT2D eigenvalue weighted by atomic mass is 79.9. The van der Waals surface area contributed by atoms with Crippen molar-refractivity contribution in [3.8, 4) is 11.5 Å². The average molecular weight is 394 g/mol. The van der Waals surface area contributed by atoms with Gasteiger partial charge in [0.2, 0.25) is 5.91 Å². The van der Waals surface area contributed by atoms with Gasteiger partial charge in [-0.25, -0.2) is 0 Å². The van der Waals surface area contributed by atoms with Crippen molar-refractivity contribution in [1.82, 2.24) is 0 Å². The molecule has 1 aliphatic heterocycles. The van der Waals surface area contributed by atoms with E-state index in [9.17, 15) is 4.79 Å². The van der Waals surface area contributed by atoms with Crippen LogP contribution in [0.5, 0.6) is 11.5 Å². The van der Waals surface area contributed by atoms with Crippen molar-refractivity contribution < 1.29 is 14.3 Å². The Labute approximate surface area is 147 Å². The van der Waals surface area contributed by atoms with Gasteiger partial charge < -0.3 is 9.47 Å². The molecule has 1 atom stereocenters. The molecule has 1 unspecified atom stereocenters. The van der Waals surface area contributed by atoms with Crippen molar-refractivity contribution >= 4 is 39.3 Å². The molecule has 23 heavy (non-hydrogen) atoms. The molecule has 1 aliphatic rings. The van der Waals surface area contributed by atoms with Crippen LogP contribution in [-0.2, 0) is 4.79 Å². The van der Waals surface area contributed by atoms with Crippen LogP contribution in [0, 0.1) is 0 Å². The lowest BCUT2D eigenvalue weighted by Gasteiger charge is -2.26. The summed E-state index contributed by atoms with van der Waals surface area (Å²) < 4.78 is 11.6. The molecule has 120 valence electrons. The van der Waals surface area contributed by atoms with Crippen molar-refractivity contribution in [2.45, 2.75) is 5.37 Å². The molecule has 2 aromatic rings. The van der Waals surface area contributed by atoms with Gasteiger partial charge >= 0.3 is 0 Å². The van der Waals surface area contributed by atoms with E-state index in [1.807, 2.05) is 47.4 Å². The van der Waals surface area contributed by atoms with Gasteiger partial charge in [-0.15, -0.1) is 11.8 Å². The molecule has 0 radical (unpaired) electrons. The number of thioether (sulfide) groups is 1. The van der Waals surface area contributed by atoms with Gasteiger partial charge in [0.25, 0.3) is 0 Å². The number of methoxy groups -OCH3 is 2. The maximum atomic E-state index is 12.4. The van der Waals surface area contributed by atoms with Gasteiger partial charge in [0, 0.05) is 15.7 Å². The highest BCUT2D eigenvalue weighted by Gasteiger charge is 2.35. The monoisotopic (exact) mass is 393 g/mol. The largest absolute Gasteiger partial charge is 0.497 e. The number of amides is 1. The summed E-state index contributed by atoms with van der Waals surface area (Å²) in [6, 6.07) is 13.4. The molecule has 3 rings (SSSR count). The normalized spacial score (nSPS) is 17.4. The van der Waals surface area contributed by atoms with E-state index in [0.29, 0.717) is 5.75 Å². The molecule has 1 fully saturated rings. The summed E-state index contributed by atoms with van der Waals surface area (Å²) in [5, 5.41) is -0.108. The number of rotatable bonds is 4. The number of nitrogens with zero attached hydrogens (tertiary/aromatic N) is 1. The fourth-order valence-corrected chi connectivity index (χ4v) is 4.14. The third kappa shape index (κ3) is 3.19. The minimum Gasteiger partial charge on any atom is -0.497 e. The molecule has 0 aromatic heterocycles. The first kappa shape index (κ1) is 16.2. The minimum absolute atomic E-state index is 0.0900. The van der Waals surface area contributed by atoms with Crippen molar-refractivity contribution in [3.63, 3.8) is 0 Å². The van der Waals surface area contributed by atoms with E-state index >= 15 is 0 Å². The second-order valence-electron chi connectivity index (χ2n) is 5.01. The molecular formula is C17H16BrNO3S. The number of anilines is 1. The summed E-state index contributed by atoms with van der Waals surface area (Å²) in [4.78, 5) is 14.2. The van der Waals surface area contributed by atoms with Crippen LogP contribution in [-0.4, -0.2) is 25.9 Å². The molecule has 6 heteroatoms. The van der Waals surface area contributed by atoms with E-state index in [4.69, 9.17) is 9.47 Å². The molecule has 0 N–H and O–H groups in total. The lowest BCUT2D eigenvalue weighted by Crippen LogP contribution is -2.28. The number of hydrogen-bond acceptors (Lipinski definition) is 4. The summed E-state index contributed by atoms with van der Waals surface area (Å²) in [7, 11) is 3.27. The third-order valence-corrected chi connectivity index (χ3v) is 5.36. The van der Waals surface area contributed by atoms with Gasteiger partial charge in [0.05, 0.1) is 20.0 Å². The highest BCUT2D eigenvalue weighted by Crippen LogP contribution is 2.45. The molecule has 0 spiro atoms. The van der Waals surface area contributed by atoms with Gasteiger partial charge in [0.15, 0.2) is 0 Å². The van der Waals surface area contributed by atoms with Crippen LogP contribution >= 0.6 is 27.7 Å². The topological polar surface area (TPSA) is 38.8 Å². The predicted octanol–water partition coefficient (Wildman–Crippen LogP) is 4.24. The van der Waals surface area contributed by atoms with Crippen LogP contribution in [0.2, 0.25) is 0 Å². The summed E-state index contributed by atoms with van der Waals surface area (Å²) in [5.41, 5.74) is 1.83. The van der Waals surface area contributed by atoms with Crippen LogP contribution in [0.4, 0.5) is 5.69 Å². The summed E-state index contributed by atoms with van der Waals surface area (Å²) in [5.74, 6) is 2.09. The summed E-state index contributed by atoms with van der Waals surface area (Å²) in [6.45, 7) is 0. The Hall–Kier alpha value is -1.66. The lowest BCUT2D eigenvalue weighted by atomic mass is 10.1.